The van der Waals surface area contributed by atoms with Crippen molar-refractivity contribution < 1.29 is 19.1 Å². The maximum absolute atomic E-state index is 12.2. The average molecular weight is 301 g/mol. The summed E-state index contributed by atoms with van der Waals surface area (Å²) in [5.74, 6) is -0.834. The van der Waals surface area contributed by atoms with Crippen LogP contribution in [0.25, 0.3) is 0 Å². The third-order valence-electron chi connectivity index (χ3n) is 3.58. The van der Waals surface area contributed by atoms with Crippen molar-refractivity contribution in [2.45, 2.75) is 33.1 Å². The first-order valence-electron chi connectivity index (χ1n) is 7.15. The Hall–Kier alpha value is -2.56. The van der Waals surface area contributed by atoms with Crippen LogP contribution in [0.5, 0.6) is 0 Å². The number of nitrogens with one attached hydrogen (secondary N) is 1. The minimum absolute atomic E-state index is 0.256. The molecule has 1 atom stereocenters. The molecule has 2 rings (SSSR count). The number of amides is 1. The van der Waals surface area contributed by atoms with Gasteiger partial charge < -0.3 is 14.8 Å². The van der Waals surface area contributed by atoms with Gasteiger partial charge in [-0.05, 0) is 43.2 Å². The van der Waals surface area contributed by atoms with Crippen LogP contribution in [-0.2, 0) is 11.2 Å². The van der Waals surface area contributed by atoms with Crippen molar-refractivity contribution in [3.05, 3.63) is 53.0 Å². The van der Waals surface area contributed by atoms with E-state index in [1.54, 1.807) is 37.3 Å². The molecule has 0 saturated heterocycles. The number of carbonyl (C=O) groups excluding carboxylic acids is 1. The highest BCUT2D eigenvalue weighted by atomic mass is 16.4. The van der Waals surface area contributed by atoms with Crippen molar-refractivity contribution in [1.29, 1.82) is 0 Å². The second kappa shape index (κ2) is 6.47. The van der Waals surface area contributed by atoms with Crippen LogP contribution in [0.1, 0.15) is 47.2 Å². The fourth-order valence-electron chi connectivity index (χ4n) is 2.20. The quantitative estimate of drug-likeness (QED) is 0.884. The van der Waals surface area contributed by atoms with Gasteiger partial charge in [0.05, 0.1) is 5.92 Å². The molecule has 1 heterocycles. The molecule has 1 aromatic carbocycles. The largest absolute Gasteiger partial charge is 0.481 e. The number of benzene rings is 1. The van der Waals surface area contributed by atoms with Crippen molar-refractivity contribution in [1.82, 2.24) is 0 Å². The molecule has 1 unspecified atom stereocenters. The molecule has 5 nitrogen and oxygen atoms in total. The number of hydrogen-bond acceptors (Lipinski definition) is 3. The van der Waals surface area contributed by atoms with E-state index < -0.39 is 11.9 Å². The lowest BCUT2D eigenvalue weighted by molar-refractivity contribution is -0.138. The second-order valence-electron chi connectivity index (χ2n) is 5.21. The Bertz CT molecular complexity index is 702. The van der Waals surface area contributed by atoms with Gasteiger partial charge in [-0.15, -0.1) is 0 Å². The van der Waals surface area contributed by atoms with Gasteiger partial charge in [0, 0.05) is 12.1 Å². The maximum atomic E-state index is 12.2. The lowest BCUT2D eigenvalue weighted by Crippen LogP contribution is -2.12. The van der Waals surface area contributed by atoms with E-state index in [-0.39, 0.29) is 11.7 Å². The SMILES string of the molecule is CCc1oc(C(=O)Nc2cccc(C(C)C(=O)O)c2)cc1C. The van der Waals surface area contributed by atoms with Crippen LogP contribution >= 0.6 is 0 Å². The van der Waals surface area contributed by atoms with Crippen molar-refractivity contribution in [2.24, 2.45) is 0 Å². The van der Waals surface area contributed by atoms with Gasteiger partial charge in [-0.3, -0.25) is 9.59 Å². The van der Waals surface area contributed by atoms with Gasteiger partial charge in [0.15, 0.2) is 5.76 Å². The van der Waals surface area contributed by atoms with E-state index in [4.69, 9.17) is 9.52 Å². The number of rotatable bonds is 5. The number of carbonyl (C=O) groups is 2. The van der Waals surface area contributed by atoms with Gasteiger partial charge in [-0.2, -0.15) is 0 Å². The Labute approximate surface area is 129 Å². The molecule has 116 valence electrons. The molecule has 0 bridgehead atoms. The Morgan fingerprint density at radius 1 is 1.32 bits per heavy atom. The highest BCUT2D eigenvalue weighted by Crippen LogP contribution is 2.21. The molecular formula is C17H19NO4. The molecule has 0 saturated carbocycles. The van der Waals surface area contributed by atoms with Crippen LogP contribution in [0.15, 0.2) is 34.7 Å². The summed E-state index contributed by atoms with van der Waals surface area (Å²) in [4.78, 5) is 23.2. The summed E-state index contributed by atoms with van der Waals surface area (Å²) >= 11 is 0. The fourth-order valence-corrected chi connectivity index (χ4v) is 2.20. The van der Waals surface area contributed by atoms with Gasteiger partial charge in [-0.25, -0.2) is 0 Å². The molecule has 0 aliphatic rings. The van der Waals surface area contributed by atoms with E-state index in [1.807, 2.05) is 13.8 Å². The topological polar surface area (TPSA) is 79.5 Å². The van der Waals surface area contributed by atoms with Crippen molar-refractivity contribution in [2.75, 3.05) is 5.32 Å². The van der Waals surface area contributed by atoms with Gasteiger partial charge >= 0.3 is 5.97 Å². The Balaban J connectivity index is 2.17. The van der Waals surface area contributed by atoms with E-state index in [9.17, 15) is 9.59 Å². The molecule has 0 aliphatic carbocycles. The summed E-state index contributed by atoms with van der Waals surface area (Å²) in [6.45, 7) is 5.46. The molecule has 5 heteroatoms. The molecule has 22 heavy (non-hydrogen) atoms. The van der Waals surface area contributed by atoms with Gasteiger partial charge in [0.1, 0.15) is 5.76 Å². The van der Waals surface area contributed by atoms with Gasteiger partial charge in [-0.1, -0.05) is 19.1 Å². The van der Waals surface area contributed by atoms with E-state index in [0.717, 1.165) is 17.7 Å². The lowest BCUT2D eigenvalue weighted by Gasteiger charge is -2.09. The molecule has 0 fully saturated rings. The molecule has 2 aromatic rings. The molecular weight excluding hydrogens is 282 g/mol. The zero-order valence-corrected chi connectivity index (χ0v) is 12.8. The number of aryl methyl sites for hydroxylation is 2. The van der Waals surface area contributed by atoms with Gasteiger partial charge in [0.2, 0.25) is 0 Å². The fraction of sp³-hybridized carbons (Fsp3) is 0.294. The van der Waals surface area contributed by atoms with E-state index in [2.05, 4.69) is 5.32 Å². The van der Waals surface area contributed by atoms with Crippen molar-refractivity contribution in [3.63, 3.8) is 0 Å². The Kier molecular flexibility index (Phi) is 4.65. The second-order valence-corrected chi connectivity index (χ2v) is 5.21. The number of aliphatic carboxylic acids is 1. The number of hydrogen-bond donors (Lipinski definition) is 2. The smallest absolute Gasteiger partial charge is 0.310 e. The molecule has 2 N–H and O–H groups in total. The summed E-state index contributed by atoms with van der Waals surface area (Å²) in [6.07, 6.45) is 0.727. The zero-order chi connectivity index (χ0) is 16.3. The molecule has 0 aliphatic heterocycles. The molecule has 0 spiro atoms. The zero-order valence-electron chi connectivity index (χ0n) is 12.8. The van der Waals surface area contributed by atoms with Crippen LogP contribution in [0.4, 0.5) is 5.69 Å². The number of carboxylic acids is 1. The first-order chi connectivity index (χ1) is 10.4. The predicted molar refractivity (Wildman–Crippen MR) is 83.3 cm³/mol. The van der Waals surface area contributed by atoms with Crippen LogP contribution in [0, 0.1) is 6.92 Å². The third-order valence-corrected chi connectivity index (χ3v) is 3.58. The van der Waals surface area contributed by atoms with Crippen molar-refractivity contribution >= 4 is 17.6 Å². The highest BCUT2D eigenvalue weighted by molar-refractivity contribution is 6.02. The normalized spacial score (nSPS) is 12.0. The van der Waals surface area contributed by atoms with Crippen LogP contribution < -0.4 is 5.32 Å². The summed E-state index contributed by atoms with van der Waals surface area (Å²) in [6, 6.07) is 8.52. The van der Waals surface area contributed by atoms with E-state index >= 15 is 0 Å². The van der Waals surface area contributed by atoms with Crippen LogP contribution in [0.3, 0.4) is 0 Å². The predicted octanol–water partition coefficient (Wildman–Crippen LogP) is 3.59. The lowest BCUT2D eigenvalue weighted by atomic mass is 10.0. The first kappa shape index (κ1) is 15.8. The Morgan fingerprint density at radius 2 is 2.05 bits per heavy atom. The number of carboxylic acid groups (broad SMARTS) is 1. The van der Waals surface area contributed by atoms with Crippen LogP contribution in [-0.4, -0.2) is 17.0 Å². The molecule has 0 radical (unpaired) electrons. The summed E-state index contributed by atoms with van der Waals surface area (Å²) in [7, 11) is 0. The summed E-state index contributed by atoms with van der Waals surface area (Å²) < 4.78 is 5.51. The first-order valence-corrected chi connectivity index (χ1v) is 7.15. The minimum Gasteiger partial charge on any atom is -0.481 e. The van der Waals surface area contributed by atoms with Crippen LogP contribution in [0.2, 0.25) is 0 Å². The standard InChI is InChI=1S/C17H19NO4/c1-4-14-10(2)8-15(22-14)16(19)18-13-7-5-6-12(9-13)11(3)17(20)21/h5-9,11H,4H2,1-3H3,(H,18,19)(H,20,21). The molecule has 1 aromatic heterocycles. The third kappa shape index (κ3) is 3.36. The number of anilines is 1. The van der Waals surface area contributed by atoms with E-state index in [0.29, 0.717) is 11.3 Å². The van der Waals surface area contributed by atoms with Gasteiger partial charge in [0.25, 0.3) is 5.91 Å². The van der Waals surface area contributed by atoms with Crippen molar-refractivity contribution in [3.8, 4) is 0 Å². The summed E-state index contributed by atoms with van der Waals surface area (Å²) in [5.41, 5.74) is 2.12. The number of furan rings is 1. The van der Waals surface area contributed by atoms with E-state index in [1.165, 1.54) is 0 Å². The average Bonchev–Trinajstić information content (AvgIpc) is 2.87. The molecule has 1 amide bonds. The minimum atomic E-state index is -0.905. The maximum Gasteiger partial charge on any atom is 0.310 e. The monoisotopic (exact) mass is 301 g/mol. The summed E-state index contributed by atoms with van der Waals surface area (Å²) in [5, 5.41) is 11.8. The Morgan fingerprint density at radius 3 is 2.64 bits per heavy atom. The highest BCUT2D eigenvalue weighted by Gasteiger charge is 2.16.